The van der Waals surface area contributed by atoms with Crippen molar-refractivity contribution in [1.29, 1.82) is 0 Å². The summed E-state index contributed by atoms with van der Waals surface area (Å²) in [7, 11) is 1.85. The molecule has 0 radical (unpaired) electrons. The second-order valence-electron chi connectivity index (χ2n) is 9.47. The number of rotatable bonds is 7. The number of aromatic nitrogens is 5. The summed E-state index contributed by atoms with van der Waals surface area (Å²) in [5, 5.41) is 11.7. The van der Waals surface area contributed by atoms with Crippen LogP contribution in [-0.2, 0) is 13.1 Å². The molecule has 5 heterocycles. The summed E-state index contributed by atoms with van der Waals surface area (Å²) in [4.78, 5) is 29.0. The quantitative estimate of drug-likeness (QED) is 0.518. The van der Waals surface area contributed by atoms with E-state index < -0.39 is 6.67 Å². The number of amides is 1. The maximum atomic E-state index is 13.7. The number of nitrogens with one attached hydrogen (secondary N) is 1. The van der Waals surface area contributed by atoms with E-state index in [0.717, 1.165) is 17.1 Å². The van der Waals surface area contributed by atoms with Crippen molar-refractivity contribution >= 4 is 23.8 Å². The lowest BCUT2D eigenvalue weighted by Crippen LogP contribution is -2.24. The minimum atomic E-state index is -0.481. The first-order valence-electron chi connectivity index (χ1n) is 11.9. The first kappa shape index (κ1) is 23.2. The number of aliphatic imine (C=N–C) groups is 1. The Bertz CT molecular complexity index is 1300. The highest BCUT2D eigenvalue weighted by molar-refractivity contribution is 6.10. The van der Waals surface area contributed by atoms with Crippen LogP contribution < -0.4 is 10.2 Å². The molecule has 3 aromatic rings. The van der Waals surface area contributed by atoms with Gasteiger partial charge in [0.25, 0.3) is 5.91 Å². The standard InChI is InChI=1S/C25H29FN8O/c1-14(2)11-28-21-9-17-18(20(29-21)12-27-4)13-33(25(17)35)22-7-5-6-19(30-22)24-32-31-23-15(3)8-16(10-26)34(23)24/h5-7,9,11,14-16,27H,8,10,12-13H2,1-4H3/t15-,16-/m1/s1. The van der Waals surface area contributed by atoms with Gasteiger partial charge in [0.2, 0.25) is 0 Å². The third-order valence-corrected chi connectivity index (χ3v) is 6.41. The van der Waals surface area contributed by atoms with Gasteiger partial charge in [-0.15, -0.1) is 10.2 Å². The van der Waals surface area contributed by atoms with Crippen LogP contribution in [-0.4, -0.2) is 50.6 Å². The van der Waals surface area contributed by atoms with Gasteiger partial charge in [-0.25, -0.2) is 19.4 Å². The van der Waals surface area contributed by atoms with E-state index in [9.17, 15) is 9.18 Å². The molecule has 35 heavy (non-hydrogen) atoms. The Morgan fingerprint density at radius 1 is 1.29 bits per heavy atom. The number of alkyl halides is 1. The van der Waals surface area contributed by atoms with E-state index in [4.69, 9.17) is 4.98 Å². The number of hydrogen-bond donors (Lipinski definition) is 1. The molecule has 0 fully saturated rings. The Morgan fingerprint density at radius 2 is 2.11 bits per heavy atom. The number of halogens is 1. The first-order chi connectivity index (χ1) is 16.9. The molecule has 0 bridgehead atoms. The van der Waals surface area contributed by atoms with Crippen molar-refractivity contribution in [2.75, 3.05) is 18.6 Å². The smallest absolute Gasteiger partial charge is 0.260 e. The molecule has 0 aliphatic carbocycles. The fourth-order valence-electron chi connectivity index (χ4n) is 4.77. The minimum Gasteiger partial charge on any atom is -0.314 e. The average molecular weight is 477 g/mol. The van der Waals surface area contributed by atoms with E-state index in [1.54, 1.807) is 17.0 Å². The number of fused-ring (bicyclic) bond motifs is 2. The maximum absolute atomic E-state index is 13.7. The molecule has 0 unspecified atom stereocenters. The van der Waals surface area contributed by atoms with Gasteiger partial charge >= 0.3 is 0 Å². The van der Waals surface area contributed by atoms with Crippen LogP contribution in [0.1, 0.15) is 66.6 Å². The molecule has 2 aliphatic rings. The summed E-state index contributed by atoms with van der Waals surface area (Å²) in [6.45, 7) is 6.52. The zero-order valence-electron chi connectivity index (χ0n) is 20.4. The van der Waals surface area contributed by atoms with Gasteiger partial charge in [0, 0.05) is 24.2 Å². The molecule has 0 saturated heterocycles. The highest BCUT2D eigenvalue weighted by Gasteiger charge is 2.35. The molecular weight excluding hydrogens is 447 g/mol. The summed E-state index contributed by atoms with van der Waals surface area (Å²) < 4.78 is 15.6. The fourth-order valence-corrected chi connectivity index (χ4v) is 4.77. The van der Waals surface area contributed by atoms with Gasteiger partial charge in [0.1, 0.15) is 24.0 Å². The zero-order valence-corrected chi connectivity index (χ0v) is 20.4. The van der Waals surface area contributed by atoms with Gasteiger partial charge in [-0.3, -0.25) is 9.69 Å². The molecule has 1 N–H and O–H groups in total. The molecule has 2 aliphatic heterocycles. The van der Waals surface area contributed by atoms with Gasteiger partial charge in [-0.05, 0) is 37.6 Å². The van der Waals surface area contributed by atoms with Crippen molar-refractivity contribution in [1.82, 2.24) is 30.0 Å². The highest BCUT2D eigenvalue weighted by Crippen LogP contribution is 2.39. The molecule has 0 spiro atoms. The Labute approximate surface area is 203 Å². The molecule has 2 atom stereocenters. The molecule has 1 amide bonds. The third kappa shape index (κ3) is 4.12. The summed E-state index contributed by atoms with van der Waals surface area (Å²) in [5.41, 5.74) is 2.81. The van der Waals surface area contributed by atoms with E-state index in [1.165, 1.54) is 0 Å². The lowest BCUT2D eigenvalue weighted by molar-refractivity contribution is 0.0996. The topological polar surface area (TPSA) is 101 Å². The van der Waals surface area contributed by atoms with E-state index in [-0.39, 0.29) is 23.8 Å². The van der Waals surface area contributed by atoms with E-state index in [1.807, 2.05) is 50.7 Å². The van der Waals surface area contributed by atoms with Crippen LogP contribution in [0, 0.1) is 5.92 Å². The Hall–Kier alpha value is -3.53. The fraction of sp³-hybridized carbons (Fsp3) is 0.440. The second-order valence-corrected chi connectivity index (χ2v) is 9.47. The predicted octanol–water partition coefficient (Wildman–Crippen LogP) is 3.99. The minimum absolute atomic E-state index is 0.139. The van der Waals surface area contributed by atoms with Crippen molar-refractivity contribution < 1.29 is 9.18 Å². The Kier molecular flexibility index (Phi) is 6.14. The first-order valence-corrected chi connectivity index (χ1v) is 11.9. The van der Waals surface area contributed by atoms with Crippen LogP contribution in [0.2, 0.25) is 0 Å². The molecule has 3 aromatic heterocycles. The Morgan fingerprint density at radius 3 is 2.86 bits per heavy atom. The van der Waals surface area contributed by atoms with Gasteiger partial charge in [0.15, 0.2) is 11.6 Å². The van der Waals surface area contributed by atoms with Crippen molar-refractivity contribution in [3.63, 3.8) is 0 Å². The second kappa shape index (κ2) is 9.26. The van der Waals surface area contributed by atoms with E-state index in [2.05, 4.69) is 25.5 Å². The summed E-state index contributed by atoms with van der Waals surface area (Å²) in [6.07, 6.45) is 2.51. The number of nitrogens with zero attached hydrogens (tertiary/aromatic N) is 7. The SMILES string of the molecule is CNCc1nc(N=CC(C)C)cc2c1CN(c1cccc(-c3nnc4n3[C@@H](CF)C[C@H]4C)n1)C2=O. The predicted molar refractivity (Wildman–Crippen MR) is 132 cm³/mol. The summed E-state index contributed by atoms with van der Waals surface area (Å²) in [5.74, 6) is 2.59. The van der Waals surface area contributed by atoms with Gasteiger partial charge in [0.05, 0.1) is 23.8 Å². The normalized spacial score (nSPS) is 19.3. The lowest BCUT2D eigenvalue weighted by Gasteiger charge is -2.16. The van der Waals surface area contributed by atoms with Crippen molar-refractivity contribution in [3.05, 3.63) is 46.9 Å². The van der Waals surface area contributed by atoms with Crippen LogP contribution in [0.15, 0.2) is 29.3 Å². The lowest BCUT2D eigenvalue weighted by atomic mass is 10.1. The average Bonchev–Trinajstić information content (AvgIpc) is 3.52. The molecular formula is C25H29FN8O. The largest absolute Gasteiger partial charge is 0.314 e. The van der Waals surface area contributed by atoms with Crippen molar-refractivity contribution in [2.45, 2.75) is 52.2 Å². The Balaban J connectivity index is 1.50. The maximum Gasteiger partial charge on any atom is 0.260 e. The number of pyridine rings is 2. The van der Waals surface area contributed by atoms with Crippen molar-refractivity contribution in [3.8, 4) is 11.5 Å². The molecule has 182 valence electrons. The molecule has 9 nitrogen and oxygen atoms in total. The summed E-state index contributed by atoms with van der Waals surface area (Å²) in [6, 6.07) is 6.90. The van der Waals surface area contributed by atoms with E-state index >= 15 is 0 Å². The van der Waals surface area contributed by atoms with Crippen molar-refractivity contribution in [2.24, 2.45) is 10.9 Å². The van der Waals surface area contributed by atoms with Crippen LogP contribution in [0.3, 0.4) is 0 Å². The molecule has 10 heteroatoms. The molecule has 5 rings (SSSR count). The molecule has 0 saturated carbocycles. The monoisotopic (exact) mass is 476 g/mol. The number of carbonyl (C=O) groups is 1. The van der Waals surface area contributed by atoms with Crippen LogP contribution in [0.5, 0.6) is 0 Å². The van der Waals surface area contributed by atoms with Gasteiger partial charge < -0.3 is 9.88 Å². The molecule has 0 aromatic carbocycles. The van der Waals surface area contributed by atoms with Crippen LogP contribution in [0.4, 0.5) is 16.0 Å². The van der Waals surface area contributed by atoms with Crippen LogP contribution in [0.25, 0.3) is 11.5 Å². The van der Waals surface area contributed by atoms with Crippen LogP contribution >= 0.6 is 0 Å². The number of anilines is 1. The third-order valence-electron chi connectivity index (χ3n) is 6.41. The highest BCUT2D eigenvalue weighted by atomic mass is 19.1. The van der Waals surface area contributed by atoms with Gasteiger partial charge in [-0.2, -0.15) is 0 Å². The zero-order chi connectivity index (χ0) is 24.7. The van der Waals surface area contributed by atoms with E-state index in [0.29, 0.717) is 48.2 Å². The van der Waals surface area contributed by atoms with Gasteiger partial charge in [-0.1, -0.05) is 26.8 Å². The number of carbonyl (C=O) groups excluding carboxylic acids is 1. The number of hydrogen-bond acceptors (Lipinski definition) is 7. The summed E-state index contributed by atoms with van der Waals surface area (Å²) >= 11 is 0.